The molecule has 0 aromatic rings. The summed E-state index contributed by atoms with van der Waals surface area (Å²) in [4.78, 5) is 0. The summed E-state index contributed by atoms with van der Waals surface area (Å²) in [5.41, 5.74) is 0. The summed E-state index contributed by atoms with van der Waals surface area (Å²) in [6.07, 6.45) is 0.759. The highest BCUT2D eigenvalue weighted by molar-refractivity contribution is 7.90. The van der Waals surface area contributed by atoms with Gasteiger partial charge in [-0.2, -0.15) is 0 Å². The molecule has 4 nitrogen and oxygen atoms in total. The normalized spacial score (nSPS) is 17.0. The first kappa shape index (κ1) is 13.9. The van der Waals surface area contributed by atoms with E-state index in [4.69, 9.17) is 5.11 Å². The molecule has 0 aromatic carbocycles. The van der Waals surface area contributed by atoms with Crippen LogP contribution in [0.5, 0.6) is 0 Å². The number of hydrogen-bond donors (Lipinski definition) is 2. The Balaban J connectivity index is 4.48. The smallest absolute Gasteiger partial charge is 0.216 e. The second-order valence-electron chi connectivity index (χ2n) is 3.91. The van der Waals surface area contributed by atoms with Crippen LogP contribution in [0.3, 0.4) is 0 Å². The van der Waals surface area contributed by atoms with Gasteiger partial charge >= 0.3 is 0 Å². The molecule has 14 heavy (non-hydrogen) atoms. The average Bonchev–Trinajstić information content (AvgIpc) is 2.12. The lowest BCUT2D eigenvalue weighted by molar-refractivity contribution is 0.293. The molecule has 0 aliphatic carbocycles. The van der Waals surface area contributed by atoms with Crippen LogP contribution in [0.2, 0.25) is 0 Å². The number of aliphatic hydroxyl groups is 1. The molecule has 2 unspecified atom stereocenters. The van der Waals surface area contributed by atoms with Gasteiger partial charge in [-0.15, -0.1) is 0 Å². The minimum absolute atomic E-state index is 0.0472. The molecule has 2 atom stereocenters. The van der Waals surface area contributed by atoms with Crippen molar-refractivity contribution in [1.82, 2.24) is 4.72 Å². The maximum absolute atomic E-state index is 11.6. The van der Waals surface area contributed by atoms with Crippen LogP contribution in [0.25, 0.3) is 0 Å². The van der Waals surface area contributed by atoms with E-state index in [0.717, 1.165) is 6.42 Å². The van der Waals surface area contributed by atoms with Gasteiger partial charge < -0.3 is 5.11 Å². The number of aliphatic hydroxyl groups excluding tert-OH is 1. The molecule has 0 radical (unpaired) electrons. The molecule has 0 aromatic heterocycles. The van der Waals surface area contributed by atoms with Gasteiger partial charge in [-0.05, 0) is 19.3 Å². The van der Waals surface area contributed by atoms with Crippen LogP contribution in [-0.2, 0) is 10.0 Å². The van der Waals surface area contributed by atoms with E-state index in [-0.39, 0.29) is 18.6 Å². The molecule has 0 heterocycles. The molecule has 0 bridgehead atoms. The molecule has 5 heteroatoms. The van der Waals surface area contributed by atoms with Crippen LogP contribution in [0.15, 0.2) is 0 Å². The van der Waals surface area contributed by atoms with Gasteiger partial charge in [0.25, 0.3) is 0 Å². The van der Waals surface area contributed by atoms with E-state index in [1.54, 1.807) is 0 Å². The summed E-state index contributed by atoms with van der Waals surface area (Å²) in [6, 6.07) is -0.0472. The van der Waals surface area contributed by atoms with Crippen molar-refractivity contribution in [3.8, 4) is 0 Å². The summed E-state index contributed by atoms with van der Waals surface area (Å²) >= 11 is 0. The molecular formula is C9H21NO3S. The number of sulfonamides is 1. The molecule has 0 aliphatic heterocycles. The van der Waals surface area contributed by atoms with Crippen LogP contribution in [0.1, 0.15) is 34.1 Å². The molecule has 2 N–H and O–H groups in total. The van der Waals surface area contributed by atoms with Crippen LogP contribution >= 0.6 is 0 Å². The van der Waals surface area contributed by atoms with Crippen molar-refractivity contribution in [2.75, 3.05) is 6.61 Å². The Morgan fingerprint density at radius 2 is 1.79 bits per heavy atom. The first-order valence-corrected chi connectivity index (χ1v) is 6.51. The average molecular weight is 223 g/mol. The summed E-state index contributed by atoms with van der Waals surface area (Å²) < 4.78 is 25.7. The zero-order chi connectivity index (χ0) is 11.4. The van der Waals surface area contributed by atoms with Gasteiger partial charge in [0.15, 0.2) is 0 Å². The van der Waals surface area contributed by atoms with Gasteiger partial charge in [0.1, 0.15) is 0 Å². The quantitative estimate of drug-likeness (QED) is 0.697. The van der Waals surface area contributed by atoms with E-state index in [1.165, 1.54) is 6.92 Å². The Morgan fingerprint density at radius 1 is 1.29 bits per heavy atom. The molecule has 0 rings (SSSR count). The zero-order valence-electron chi connectivity index (χ0n) is 9.32. The summed E-state index contributed by atoms with van der Waals surface area (Å²) in [6.45, 7) is 7.04. The van der Waals surface area contributed by atoms with Gasteiger partial charge in [0.2, 0.25) is 10.0 Å². The fourth-order valence-electron chi connectivity index (χ4n) is 1.12. The number of hydrogen-bond acceptors (Lipinski definition) is 3. The SMILES string of the molecule is CCC(NS(=O)(=O)C(C)CO)C(C)C. The molecule has 0 saturated heterocycles. The lowest BCUT2D eigenvalue weighted by atomic mass is 10.0. The lowest BCUT2D eigenvalue weighted by Crippen LogP contribution is -2.43. The Kier molecular flexibility index (Phi) is 5.63. The van der Waals surface area contributed by atoms with E-state index >= 15 is 0 Å². The molecule has 0 spiro atoms. The van der Waals surface area contributed by atoms with Gasteiger partial charge in [0.05, 0.1) is 11.9 Å². The summed E-state index contributed by atoms with van der Waals surface area (Å²) in [7, 11) is -3.37. The highest BCUT2D eigenvalue weighted by Gasteiger charge is 2.24. The number of nitrogens with one attached hydrogen (secondary N) is 1. The molecule has 0 amide bonds. The maximum Gasteiger partial charge on any atom is 0.216 e. The van der Waals surface area contributed by atoms with Gasteiger partial charge in [-0.25, -0.2) is 13.1 Å². The van der Waals surface area contributed by atoms with E-state index < -0.39 is 15.3 Å². The predicted molar refractivity (Wildman–Crippen MR) is 57.5 cm³/mol. The summed E-state index contributed by atoms with van der Waals surface area (Å²) in [5, 5.41) is 8.03. The van der Waals surface area contributed by atoms with E-state index in [1.807, 2.05) is 20.8 Å². The Labute approximate surface area is 86.8 Å². The zero-order valence-corrected chi connectivity index (χ0v) is 10.1. The van der Waals surface area contributed by atoms with Gasteiger partial charge in [-0.3, -0.25) is 0 Å². The van der Waals surface area contributed by atoms with E-state index in [2.05, 4.69) is 4.72 Å². The third-order valence-electron chi connectivity index (χ3n) is 2.35. The Hall–Kier alpha value is -0.130. The largest absolute Gasteiger partial charge is 0.395 e. The molecule has 0 saturated carbocycles. The van der Waals surface area contributed by atoms with Crippen molar-refractivity contribution < 1.29 is 13.5 Å². The van der Waals surface area contributed by atoms with Crippen LogP contribution in [-0.4, -0.2) is 31.4 Å². The van der Waals surface area contributed by atoms with Crippen molar-refractivity contribution >= 4 is 10.0 Å². The standard InChI is InChI=1S/C9H21NO3S/c1-5-9(7(2)3)10-14(12,13)8(4)6-11/h7-11H,5-6H2,1-4H3. The van der Waals surface area contributed by atoms with Crippen LogP contribution in [0, 0.1) is 5.92 Å². The molecule has 0 aliphatic rings. The second kappa shape index (κ2) is 5.68. The lowest BCUT2D eigenvalue weighted by Gasteiger charge is -2.22. The van der Waals surface area contributed by atoms with E-state index in [0.29, 0.717) is 0 Å². The van der Waals surface area contributed by atoms with E-state index in [9.17, 15) is 8.42 Å². The van der Waals surface area contributed by atoms with Crippen molar-refractivity contribution in [1.29, 1.82) is 0 Å². The highest BCUT2D eigenvalue weighted by atomic mass is 32.2. The predicted octanol–water partition coefficient (Wildman–Crippen LogP) is 0.721. The van der Waals surface area contributed by atoms with Gasteiger partial charge in [0, 0.05) is 6.04 Å². The topological polar surface area (TPSA) is 66.4 Å². The molecule has 0 fully saturated rings. The molecular weight excluding hydrogens is 202 g/mol. The molecule has 86 valence electrons. The van der Waals surface area contributed by atoms with Gasteiger partial charge in [-0.1, -0.05) is 20.8 Å². The first-order chi connectivity index (χ1) is 6.35. The van der Waals surface area contributed by atoms with Crippen molar-refractivity contribution in [2.45, 2.75) is 45.4 Å². The van der Waals surface area contributed by atoms with Crippen LogP contribution in [0.4, 0.5) is 0 Å². The van der Waals surface area contributed by atoms with Crippen molar-refractivity contribution in [3.63, 3.8) is 0 Å². The number of rotatable bonds is 6. The monoisotopic (exact) mass is 223 g/mol. The Morgan fingerprint density at radius 3 is 2.07 bits per heavy atom. The maximum atomic E-state index is 11.6. The minimum atomic E-state index is -3.37. The first-order valence-electron chi connectivity index (χ1n) is 4.97. The summed E-state index contributed by atoms with van der Waals surface area (Å²) in [5.74, 6) is 0.265. The van der Waals surface area contributed by atoms with Crippen molar-refractivity contribution in [2.24, 2.45) is 5.92 Å². The fraction of sp³-hybridized carbons (Fsp3) is 1.00. The second-order valence-corrected chi connectivity index (χ2v) is 6.05. The minimum Gasteiger partial charge on any atom is -0.395 e. The third kappa shape index (κ3) is 3.94. The Bertz CT molecular complexity index is 249. The van der Waals surface area contributed by atoms with Crippen LogP contribution < -0.4 is 4.72 Å². The fourth-order valence-corrected chi connectivity index (χ4v) is 2.41. The highest BCUT2D eigenvalue weighted by Crippen LogP contribution is 2.09. The van der Waals surface area contributed by atoms with Crippen molar-refractivity contribution in [3.05, 3.63) is 0 Å². The third-order valence-corrected chi connectivity index (χ3v) is 4.19.